The molecule has 0 bridgehead atoms. The van der Waals surface area contributed by atoms with Crippen molar-refractivity contribution in [3.05, 3.63) is 72.3 Å². The minimum Gasteiger partial charge on any atom is -1.00 e. The highest BCUT2D eigenvalue weighted by Gasteiger charge is 1.97. The SMILES string of the molecule is C=CCOc1ccc(CNCCc2ccc(OC)cc2)cc1.[Cl-]. The zero-order valence-corrected chi connectivity index (χ0v) is 14.2. The standard InChI is InChI=1S/C19H23NO2.ClH/c1-3-14-22-19-10-6-17(7-11-19)15-20-13-12-16-4-8-18(21-2)9-5-16;/h3-11,20H,1,12-15H2,2H3;1H/p-1. The number of rotatable bonds is 9. The second kappa shape index (κ2) is 10.7. The molecule has 23 heavy (non-hydrogen) atoms. The lowest BCUT2D eigenvalue weighted by molar-refractivity contribution is -0.00000524. The number of methoxy groups -OCH3 is 1. The van der Waals surface area contributed by atoms with Gasteiger partial charge in [0.2, 0.25) is 0 Å². The molecule has 0 radical (unpaired) electrons. The van der Waals surface area contributed by atoms with E-state index < -0.39 is 0 Å². The summed E-state index contributed by atoms with van der Waals surface area (Å²) in [7, 11) is 1.68. The Kier molecular flexibility index (Phi) is 8.88. The monoisotopic (exact) mass is 332 g/mol. The molecule has 3 nitrogen and oxygen atoms in total. The molecule has 0 fully saturated rings. The van der Waals surface area contributed by atoms with Crippen LogP contribution in [0.2, 0.25) is 0 Å². The molecule has 0 heterocycles. The minimum atomic E-state index is 0. The van der Waals surface area contributed by atoms with Gasteiger partial charge in [-0.2, -0.15) is 0 Å². The highest BCUT2D eigenvalue weighted by molar-refractivity contribution is 5.28. The predicted octanol–water partition coefficient (Wildman–Crippen LogP) is 0.596. The van der Waals surface area contributed by atoms with E-state index in [1.807, 2.05) is 24.3 Å². The van der Waals surface area contributed by atoms with E-state index in [9.17, 15) is 0 Å². The molecule has 2 aromatic carbocycles. The van der Waals surface area contributed by atoms with E-state index in [1.54, 1.807) is 13.2 Å². The molecule has 124 valence electrons. The first-order chi connectivity index (χ1) is 10.8. The molecule has 2 aromatic rings. The summed E-state index contributed by atoms with van der Waals surface area (Å²) >= 11 is 0. The average Bonchev–Trinajstić information content (AvgIpc) is 2.58. The van der Waals surface area contributed by atoms with Gasteiger partial charge in [-0.15, -0.1) is 0 Å². The Morgan fingerprint density at radius 3 is 2.17 bits per heavy atom. The van der Waals surface area contributed by atoms with Crippen LogP contribution in [0.3, 0.4) is 0 Å². The Morgan fingerprint density at radius 2 is 1.57 bits per heavy atom. The van der Waals surface area contributed by atoms with Crippen molar-refractivity contribution in [3.63, 3.8) is 0 Å². The number of ether oxygens (including phenoxy) is 2. The Hall–Kier alpha value is -1.97. The van der Waals surface area contributed by atoms with Crippen molar-refractivity contribution in [3.8, 4) is 11.5 Å². The maximum Gasteiger partial charge on any atom is 0.119 e. The molecule has 0 aliphatic rings. The lowest BCUT2D eigenvalue weighted by Crippen LogP contribution is -3.00. The lowest BCUT2D eigenvalue weighted by Gasteiger charge is -2.07. The third kappa shape index (κ3) is 6.76. The Morgan fingerprint density at radius 1 is 0.957 bits per heavy atom. The van der Waals surface area contributed by atoms with Crippen LogP contribution in [0.1, 0.15) is 11.1 Å². The van der Waals surface area contributed by atoms with E-state index in [0.29, 0.717) is 6.61 Å². The van der Waals surface area contributed by atoms with Gasteiger partial charge in [0, 0.05) is 6.54 Å². The van der Waals surface area contributed by atoms with E-state index in [1.165, 1.54) is 11.1 Å². The van der Waals surface area contributed by atoms with Crippen molar-refractivity contribution in [2.24, 2.45) is 0 Å². The summed E-state index contributed by atoms with van der Waals surface area (Å²) in [6.07, 6.45) is 2.75. The smallest absolute Gasteiger partial charge is 0.119 e. The number of hydrogen-bond acceptors (Lipinski definition) is 3. The Bertz CT molecular complexity index is 567. The topological polar surface area (TPSA) is 30.5 Å². The van der Waals surface area contributed by atoms with Crippen LogP contribution < -0.4 is 27.2 Å². The number of halogens is 1. The maximum atomic E-state index is 5.46. The molecule has 0 aliphatic carbocycles. The molecule has 0 aliphatic heterocycles. The highest BCUT2D eigenvalue weighted by Crippen LogP contribution is 2.13. The molecular weight excluding hydrogens is 310 g/mol. The summed E-state index contributed by atoms with van der Waals surface area (Å²) in [5.74, 6) is 1.78. The molecule has 0 atom stereocenters. The van der Waals surface area contributed by atoms with Crippen LogP contribution in [-0.2, 0) is 13.0 Å². The summed E-state index contributed by atoms with van der Waals surface area (Å²) in [6, 6.07) is 16.3. The van der Waals surface area contributed by atoms with Crippen molar-refractivity contribution in [2.45, 2.75) is 13.0 Å². The summed E-state index contributed by atoms with van der Waals surface area (Å²) in [5.41, 5.74) is 2.56. The van der Waals surface area contributed by atoms with Crippen molar-refractivity contribution in [1.82, 2.24) is 5.32 Å². The van der Waals surface area contributed by atoms with Gasteiger partial charge in [-0.1, -0.05) is 36.9 Å². The first-order valence-electron chi connectivity index (χ1n) is 7.48. The fourth-order valence-corrected chi connectivity index (χ4v) is 2.12. The highest BCUT2D eigenvalue weighted by atomic mass is 35.5. The van der Waals surface area contributed by atoms with Crippen molar-refractivity contribution in [1.29, 1.82) is 0 Å². The van der Waals surface area contributed by atoms with Gasteiger partial charge in [0.25, 0.3) is 0 Å². The van der Waals surface area contributed by atoms with Crippen molar-refractivity contribution >= 4 is 0 Å². The molecule has 0 spiro atoms. The number of benzene rings is 2. The van der Waals surface area contributed by atoms with Crippen molar-refractivity contribution in [2.75, 3.05) is 20.3 Å². The summed E-state index contributed by atoms with van der Waals surface area (Å²) < 4.78 is 10.6. The van der Waals surface area contributed by atoms with E-state index >= 15 is 0 Å². The summed E-state index contributed by atoms with van der Waals surface area (Å²) in [4.78, 5) is 0. The van der Waals surface area contributed by atoms with Crippen molar-refractivity contribution < 1.29 is 21.9 Å². The number of hydrogen-bond donors (Lipinski definition) is 1. The molecule has 1 N–H and O–H groups in total. The van der Waals surface area contributed by atoms with Gasteiger partial charge in [0.1, 0.15) is 18.1 Å². The van der Waals surface area contributed by atoms with E-state index in [-0.39, 0.29) is 12.4 Å². The third-order valence-corrected chi connectivity index (χ3v) is 3.37. The third-order valence-electron chi connectivity index (χ3n) is 3.37. The fourth-order valence-electron chi connectivity index (χ4n) is 2.12. The molecular formula is C19H23ClNO2-. The molecule has 0 unspecified atom stereocenters. The normalized spacial score (nSPS) is 9.78. The average molecular weight is 333 g/mol. The molecule has 0 amide bonds. The largest absolute Gasteiger partial charge is 1.00 e. The van der Waals surface area contributed by atoms with Gasteiger partial charge in [-0.3, -0.25) is 0 Å². The Labute approximate surface area is 144 Å². The zero-order chi connectivity index (χ0) is 15.6. The first-order valence-corrected chi connectivity index (χ1v) is 7.48. The second-order valence-electron chi connectivity index (χ2n) is 5.02. The molecule has 0 aromatic heterocycles. The van der Waals surface area contributed by atoms with Crippen LogP contribution in [0.15, 0.2) is 61.2 Å². The molecule has 0 saturated carbocycles. The lowest BCUT2D eigenvalue weighted by atomic mass is 10.1. The van der Waals surface area contributed by atoms with Gasteiger partial charge >= 0.3 is 0 Å². The van der Waals surface area contributed by atoms with E-state index in [2.05, 4.69) is 36.2 Å². The van der Waals surface area contributed by atoms with Crippen LogP contribution >= 0.6 is 0 Å². The van der Waals surface area contributed by atoms with Crippen LogP contribution in [0, 0.1) is 0 Å². The van der Waals surface area contributed by atoms with E-state index in [4.69, 9.17) is 9.47 Å². The maximum absolute atomic E-state index is 5.46. The van der Waals surface area contributed by atoms with Gasteiger partial charge in [-0.25, -0.2) is 0 Å². The van der Waals surface area contributed by atoms with Crippen LogP contribution in [0.4, 0.5) is 0 Å². The molecule has 2 rings (SSSR count). The second-order valence-corrected chi connectivity index (χ2v) is 5.02. The van der Waals surface area contributed by atoms with Crippen LogP contribution in [-0.4, -0.2) is 20.3 Å². The first kappa shape index (κ1) is 19.1. The zero-order valence-electron chi connectivity index (χ0n) is 13.4. The van der Waals surface area contributed by atoms with Gasteiger partial charge in [-0.05, 0) is 48.4 Å². The predicted molar refractivity (Wildman–Crippen MR) is 90.5 cm³/mol. The quantitative estimate of drug-likeness (QED) is 0.539. The molecule has 4 heteroatoms. The number of nitrogens with one attached hydrogen (secondary N) is 1. The van der Waals surface area contributed by atoms with Gasteiger partial charge < -0.3 is 27.2 Å². The van der Waals surface area contributed by atoms with Gasteiger partial charge in [0.05, 0.1) is 7.11 Å². The minimum absolute atomic E-state index is 0. The van der Waals surface area contributed by atoms with Crippen LogP contribution in [0.5, 0.6) is 11.5 Å². The molecule has 0 saturated heterocycles. The van der Waals surface area contributed by atoms with Crippen LogP contribution in [0.25, 0.3) is 0 Å². The van der Waals surface area contributed by atoms with E-state index in [0.717, 1.165) is 31.0 Å². The fraction of sp³-hybridized carbons (Fsp3) is 0.263. The Balaban J connectivity index is 0.00000264. The van der Waals surface area contributed by atoms with Gasteiger partial charge in [0.15, 0.2) is 0 Å². The summed E-state index contributed by atoms with van der Waals surface area (Å²) in [5, 5.41) is 3.45. The summed E-state index contributed by atoms with van der Waals surface area (Å²) in [6.45, 7) is 5.98.